The Kier molecular flexibility index (Phi) is 4.20. The van der Waals surface area contributed by atoms with E-state index in [4.69, 9.17) is 4.74 Å². The zero-order chi connectivity index (χ0) is 10.4. The SMILES string of the molecule is CN[C@@H](C)/C=C/c1cccc(OC)c1. The van der Waals surface area contributed by atoms with E-state index in [1.807, 2.05) is 25.2 Å². The number of ether oxygens (including phenoxy) is 1. The molecule has 0 aliphatic carbocycles. The van der Waals surface area contributed by atoms with Crippen molar-refractivity contribution in [3.8, 4) is 5.75 Å². The fraction of sp³-hybridized carbons (Fsp3) is 0.333. The largest absolute Gasteiger partial charge is 0.497 e. The van der Waals surface area contributed by atoms with Crippen molar-refractivity contribution in [2.45, 2.75) is 13.0 Å². The minimum atomic E-state index is 0.390. The van der Waals surface area contributed by atoms with Crippen LogP contribution in [0.25, 0.3) is 6.08 Å². The Bertz CT molecular complexity index is 307. The molecular formula is C12H17NO. The average molecular weight is 191 g/mol. The predicted molar refractivity (Wildman–Crippen MR) is 60.5 cm³/mol. The second-order valence-electron chi connectivity index (χ2n) is 3.21. The number of benzene rings is 1. The number of likely N-dealkylation sites (N-methyl/N-ethyl adjacent to an activating group) is 1. The molecule has 1 aromatic rings. The summed E-state index contributed by atoms with van der Waals surface area (Å²) in [5, 5.41) is 3.15. The molecule has 1 rings (SSSR count). The van der Waals surface area contributed by atoms with E-state index in [1.54, 1.807) is 7.11 Å². The number of methoxy groups -OCH3 is 1. The number of rotatable bonds is 4. The molecule has 0 saturated heterocycles. The molecule has 14 heavy (non-hydrogen) atoms. The summed E-state index contributed by atoms with van der Waals surface area (Å²) in [5.74, 6) is 0.893. The quantitative estimate of drug-likeness (QED) is 0.788. The molecule has 0 bridgehead atoms. The van der Waals surface area contributed by atoms with Crippen molar-refractivity contribution < 1.29 is 4.74 Å². The van der Waals surface area contributed by atoms with Crippen molar-refractivity contribution in [2.75, 3.05) is 14.2 Å². The first-order valence-electron chi connectivity index (χ1n) is 4.76. The smallest absolute Gasteiger partial charge is 0.119 e. The normalized spacial score (nSPS) is 13.1. The Morgan fingerprint density at radius 3 is 2.86 bits per heavy atom. The van der Waals surface area contributed by atoms with E-state index in [2.05, 4.69) is 30.5 Å². The third-order valence-electron chi connectivity index (χ3n) is 2.13. The summed E-state index contributed by atoms with van der Waals surface area (Å²) in [4.78, 5) is 0. The Morgan fingerprint density at radius 1 is 1.43 bits per heavy atom. The van der Waals surface area contributed by atoms with Crippen LogP contribution in [0.4, 0.5) is 0 Å². The zero-order valence-electron chi connectivity index (χ0n) is 8.95. The van der Waals surface area contributed by atoms with Crippen LogP contribution in [-0.4, -0.2) is 20.2 Å². The van der Waals surface area contributed by atoms with Crippen molar-refractivity contribution in [1.29, 1.82) is 0 Å². The topological polar surface area (TPSA) is 21.3 Å². The van der Waals surface area contributed by atoms with E-state index in [-0.39, 0.29) is 0 Å². The molecule has 0 unspecified atom stereocenters. The van der Waals surface area contributed by atoms with Gasteiger partial charge in [0.05, 0.1) is 7.11 Å². The molecule has 1 atom stereocenters. The molecule has 0 aliphatic rings. The van der Waals surface area contributed by atoms with Crippen molar-refractivity contribution in [2.24, 2.45) is 0 Å². The maximum Gasteiger partial charge on any atom is 0.119 e. The fourth-order valence-electron chi connectivity index (χ4n) is 1.10. The number of nitrogens with one attached hydrogen (secondary N) is 1. The molecule has 0 saturated carbocycles. The first kappa shape index (κ1) is 10.8. The van der Waals surface area contributed by atoms with Crippen LogP contribution in [0.3, 0.4) is 0 Å². The molecule has 1 aromatic carbocycles. The first-order valence-corrected chi connectivity index (χ1v) is 4.76. The van der Waals surface area contributed by atoms with Crippen molar-refractivity contribution in [3.05, 3.63) is 35.9 Å². The first-order chi connectivity index (χ1) is 6.76. The third kappa shape index (κ3) is 3.23. The lowest BCUT2D eigenvalue weighted by molar-refractivity contribution is 0.414. The lowest BCUT2D eigenvalue weighted by atomic mass is 10.2. The molecule has 0 spiro atoms. The van der Waals surface area contributed by atoms with Gasteiger partial charge >= 0.3 is 0 Å². The summed E-state index contributed by atoms with van der Waals surface area (Å²) < 4.78 is 5.14. The summed E-state index contributed by atoms with van der Waals surface area (Å²) in [7, 11) is 3.62. The lowest BCUT2D eigenvalue weighted by Gasteiger charge is -2.03. The Morgan fingerprint density at radius 2 is 2.21 bits per heavy atom. The Labute approximate surface area is 85.6 Å². The molecule has 0 heterocycles. The van der Waals surface area contributed by atoms with Crippen molar-refractivity contribution in [1.82, 2.24) is 5.32 Å². The maximum atomic E-state index is 5.14. The van der Waals surface area contributed by atoms with Crippen LogP contribution in [0.15, 0.2) is 30.3 Å². The molecule has 0 aliphatic heterocycles. The van der Waals surface area contributed by atoms with E-state index >= 15 is 0 Å². The van der Waals surface area contributed by atoms with Gasteiger partial charge in [0.1, 0.15) is 5.75 Å². The zero-order valence-corrected chi connectivity index (χ0v) is 8.95. The summed E-state index contributed by atoms with van der Waals surface area (Å²) in [6.45, 7) is 2.11. The monoisotopic (exact) mass is 191 g/mol. The van der Waals surface area contributed by atoms with Gasteiger partial charge in [0, 0.05) is 6.04 Å². The summed E-state index contributed by atoms with van der Waals surface area (Å²) in [6.07, 6.45) is 4.21. The molecule has 0 amide bonds. The van der Waals surface area contributed by atoms with Crippen LogP contribution >= 0.6 is 0 Å². The third-order valence-corrected chi connectivity index (χ3v) is 2.13. The minimum Gasteiger partial charge on any atom is -0.497 e. The molecule has 2 nitrogen and oxygen atoms in total. The fourth-order valence-corrected chi connectivity index (χ4v) is 1.10. The highest BCUT2D eigenvalue weighted by atomic mass is 16.5. The second-order valence-corrected chi connectivity index (χ2v) is 3.21. The second kappa shape index (κ2) is 5.45. The summed E-state index contributed by atoms with van der Waals surface area (Å²) in [5.41, 5.74) is 1.16. The van der Waals surface area contributed by atoms with Gasteiger partial charge in [-0.1, -0.05) is 24.3 Å². The van der Waals surface area contributed by atoms with Crippen LogP contribution < -0.4 is 10.1 Å². The van der Waals surface area contributed by atoms with Crippen LogP contribution in [-0.2, 0) is 0 Å². The molecule has 2 heteroatoms. The van der Waals surface area contributed by atoms with E-state index < -0.39 is 0 Å². The van der Waals surface area contributed by atoms with Gasteiger partial charge in [0.25, 0.3) is 0 Å². The van der Waals surface area contributed by atoms with Gasteiger partial charge in [-0.3, -0.25) is 0 Å². The highest BCUT2D eigenvalue weighted by molar-refractivity contribution is 5.52. The molecule has 0 radical (unpaired) electrons. The van der Waals surface area contributed by atoms with Gasteiger partial charge in [0.2, 0.25) is 0 Å². The van der Waals surface area contributed by atoms with Crippen LogP contribution in [0.2, 0.25) is 0 Å². The number of hydrogen-bond acceptors (Lipinski definition) is 2. The molecule has 76 valence electrons. The van der Waals surface area contributed by atoms with E-state index in [1.165, 1.54) is 0 Å². The van der Waals surface area contributed by atoms with Crippen LogP contribution in [0, 0.1) is 0 Å². The van der Waals surface area contributed by atoms with Crippen LogP contribution in [0.1, 0.15) is 12.5 Å². The van der Waals surface area contributed by atoms with Crippen molar-refractivity contribution in [3.63, 3.8) is 0 Å². The molecule has 1 N–H and O–H groups in total. The molecule has 0 aromatic heterocycles. The highest BCUT2D eigenvalue weighted by Crippen LogP contribution is 2.13. The van der Waals surface area contributed by atoms with E-state index in [0.717, 1.165) is 11.3 Å². The van der Waals surface area contributed by atoms with Gasteiger partial charge in [-0.15, -0.1) is 0 Å². The van der Waals surface area contributed by atoms with Crippen LogP contribution in [0.5, 0.6) is 5.75 Å². The molecule has 0 fully saturated rings. The Hall–Kier alpha value is -1.28. The minimum absolute atomic E-state index is 0.390. The van der Waals surface area contributed by atoms with Gasteiger partial charge < -0.3 is 10.1 Å². The standard InChI is InChI=1S/C12H17NO/c1-10(13-2)7-8-11-5-4-6-12(9-11)14-3/h4-10,13H,1-3H3/b8-7+/t10-/m0/s1. The van der Waals surface area contributed by atoms with Gasteiger partial charge in [0.15, 0.2) is 0 Å². The van der Waals surface area contributed by atoms with Gasteiger partial charge in [-0.25, -0.2) is 0 Å². The average Bonchev–Trinajstić information content (AvgIpc) is 2.26. The summed E-state index contributed by atoms with van der Waals surface area (Å²) in [6, 6.07) is 8.39. The van der Waals surface area contributed by atoms with Crippen molar-refractivity contribution >= 4 is 6.08 Å². The van der Waals surface area contributed by atoms with E-state index in [0.29, 0.717) is 6.04 Å². The number of hydrogen-bond donors (Lipinski definition) is 1. The molecular weight excluding hydrogens is 174 g/mol. The predicted octanol–water partition coefficient (Wildman–Crippen LogP) is 2.32. The van der Waals surface area contributed by atoms with Gasteiger partial charge in [-0.05, 0) is 31.7 Å². The maximum absolute atomic E-state index is 5.14. The van der Waals surface area contributed by atoms with Gasteiger partial charge in [-0.2, -0.15) is 0 Å². The summed E-state index contributed by atoms with van der Waals surface area (Å²) >= 11 is 0. The Balaban J connectivity index is 2.71. The lowest BCUT2D eigenvalue weighted by Crippen LogP contribution is -2.17. The highest BCUT2D eigenvalue weighted by Gasteiger charge is 1.93. The van der Waals surface area contributed by atoms with E-state index in [9.17, 15) is 0 Å².